The molecule has 190 valence electrons. The molecule has 10 heteroatoms. The molecule has 3 aromatic rings. The minimum Gasteiger partial charge on any atom is -0.493 e. The molecule has 3 N–H and O–H groups in total. The number of nitrogen functional groups attached to an aromatic ring is 1. The summed E-state index contributed by atoms with van der Waals surface area (Å²) in [4.78, 5) is 17.4. The van der Waals surface area contributed by atoms with Crippen molar-refractivity contribution >= 4 is 29.2 Å². The van der Waals surface area contributed by atoms with Gasteiger partial charge in [0.05, 0.1) is 32.1 Å². The normalized spacial score (nSPS) is 11.1. The van der Waals surface area contributed by atoms with Crippen LogP contribution in [0, 0.1) is 29.6 Å². The Morgan fingerprint density at radius 3 is 2.24 bits per heavy atom. The molecule has 1 amide bonds. The lowest BCUT2D eigenvalue weighted by molar-refractivity contribution is -0.115. The van der Waals surface area contributed by atoms with Gasteiger partial charge in [0.15, 0.2) is 11.5 Å². The minimum absolute atomic E-state index is 0.0347. The monoisotopic (exact) mass is 517 g/mol. The van der Waals surface area contributed by atoms with Crippen LogP contribution >= 0.6 is 11.8 Å². The van der Waals surface area contributed by atoms with E-state index in [-0.39, 0.29) is 33.4 Å². The van der Waals surface area contributed by atoms with Gasteiger partial charge in [0, 0.05) is 11.3 Å². The van der Waals surface area contributed by atoms with Crippen molar-refractivity contribution in [3.8, 4) is 40.5 Å². The molecular weight excluding hydrogens is 490 g/mol. The van der Waals surface area contributed by atoms with Gasteiger partial charge in [-0.15, -0.1) is 0 Å². The molecule has 37 heavy (non-hydrogen) atoms. The number of ether oxygens (including phenoxy) is 3. The molecule has 0 aliphatic carbocycles. The zero-order valence-corrected chi connectivity index (χ0v) is 22.0. The summed E-state index contributed by atoms with van der Waals surface area (Å²) < 4.78 is 16.3. The standard InChI is InChI=1S/C27H27N5O4S/c1-6-22(26(33)31-17-9-7-8-15(2)10-17)37-27-19(14-29)23(18(13-28)25(30)32-27)16-11-20(34-3)24(36-5)21(12-16)35-4/h7-12,22H,6H2,1-5H3,(H2,30,32)(H,31,33). The minimum atomic E-state index is -0.569. The lowest BCUT2D eigenvalue weighted by atomic mass is 9.96. The number of thioether (sulfide) groups is 1. The average molecular weight is 518 g/mol. The van der Waals surface area contributed by atoms with E-state index in [9.17, 15) is 15.3 Å². The van der Waals surface area contributed by atoms with Crippen molar-refractivity contribution in [3.63, 3.8) is 0 Å². The zero-order valence-electron chi connectivity index (χ0n) is 21.2. The van der Waals surface area contributed by atoms with E-state index in [1.54, 1.807) is 12.1 Å². The number of pyridine rings is 1. The fraction of sp³-hybridized carbons (Fsp3) is 0.259. The molecule has 1 atom stereocenters. The highest BCUT2D eigenvalue weighted by Gasteiger charge is 2.27. The third-order valence-electron chi connectivity index (χ3n) is 5.57. The Kier molecular flexibility index (Phi) is 8.83. The summed E-state index contributed by atoms with van der Waals surface area (Å²) in [6.45, 7) is 3.81. The van der Waals surface area contributed by atoms with E-state index < -0.39 is 5.25 Å². The third kappa shape index (κ3) is 5.71. The maximum Gasteiger partial charge on any atom is 0.237 e. The van der Waals surface area contributed by atoms with E-state index >= 15 is 0 Å². The molecule has 2 aromatic carbocycles. The summed E-state index contributed by atoms with van der Waals surface area (Å²) in [6, 6.07) is 15.0. The lowest BCUT2D eigenvalue weighted by Gasteiger charge is -2.19. The number of nitriles is 2. The Morgan fingerprint density at radius 1 is 1.08 bits per heavy atom. The summed E-state index contributed by atoms with van der Waals surface area (Å²) in [5, 5.41) is 22.7. The molecule has 1 heterocycles. The van der Waals surface area contributed by atoms with Crippen LogP contribution in [0.4, 0.5) is 11.5 Å². The molecule has 1 unspecified atom stereocenters. The first-order valence-corrected chi connectivity index (χ1v) is 12.2. The van der Waals surface area contributed by atoms with Crippen molar-refractivity contribution in [1.82, 2.24) is 4.98 Å². The number of rotatable bonds is 9. The second-order valence-electron chi connectivity index (χ2n) is 7.94. The molecule has 0 aliphatic rings. The molecule has 0 saturated heterocycles. The average Bonchev–Trinajstić information content (AvgIpc) is 2.90. The fourth-order valence-electron chi connectivity index (χ4n) is 3.80. The fourth-order valence-corrected chi connectivity index (χ4v) is 4.82. The summed E-state index contributed by atoms with van der Waals surface area (Å²) in [5.74, 6) is 0.764. The van der Waals surface area contributed by atoms with E-state index in [1.807, 2.05) is 38.1 Å². The van der Waals surface area contributed by atoms with Gasteiger partial charge in [-0.05, 0) is 48.7 Å². The van der Waals surface area contributed by atoms with Crippen molar-refractivity contribution in [2.75, 3.05) is 32.4 Å². The van der Waals surface area contributed by atoms with Gasteiger partial charge in [0.2, 0.25) is 11.7 Å². The quantitative estimate of drug-likeness (QED) is 0.378. The van der Waals surface area contributed by atoms with Crippen LogP contribution in [-0.2, 0) is 4.79 Å². The van der Waals surface area contributed by atoms with Gasteiger partial charge in [-0.2, -0.15) is 10.5 Å². The number of methoxy groups -OCH3 is 3. The maximum atomic E-state index is 13.1. The van der Waals surface area contributed by atoms with Crippen LogP contribution in [0.1, 0.15) is 30.0 Å². The predicted molar refractivity (Wildman–Crippen MR) is 143 cm³/mol. The van der Waals surface area contributed by atoms with Gasteiger partial charge in [0.25, 0.3) is 0 Å². The summed E-state index contributed by atoms with van der Waals surface area (Å²) >= 11 is 1.12. The molecule has 3 rings (SSSR count). The Morgan fingerprint density at radius 2 is 1.73 bits per heavy atom. The molecule has 0 aliphatic heterocycles. The third-order valence-corrected chi connectivity index (χ3v) is 6.92. The van der Waals surface area contributed by atoms with E-state index in [4.69, 9.17) is 19.9 Å². The second kappa shape index (κ2) is 12.0. The van der Waals surface area contributed by atoms with Crippen LogP contribution in [0.25, 0.3) is 11.1 Å². The zero-order chi connectivity index (χ0) is 27.1. The summed E-state index contributed by atoms with van der Waals surface area (Å²) in [5.41, 5.74) is 8.75. The van der Waals surface area contributed by atoms with Crippen LogP contribution in [0.5, 0.6) is 17.2 Å². The van der Waals surface area contributed by atoms with Crippen molar-refractivity contribution in [2.45, 2.75) is 30.5 Å². The van der Waals surface area contributed by atoms with Gasteiger partial charge in [-0.25, -0.2) is 4.98 Å². The molecule has 0 saturated carbocycles. The number of carbonyl (C=O) groups excluding carboxylic acids is 1. The number of nitrogens with zero attached hydrogens (tertiary/aromatic N) is 3. The predicted octanol–water partition coefficient (Wildman–Crippen LogP) is 4.92. The number of hydrogen-bond donors (Lipinski definition) is 2. The smallest absolute Gasteiger partial charge is 0.237 e. The molecule has 1 aromatic heterocycles. The van der Waals surface area contributed by atoms with E-state index in [2.05, 4.69) is 22.4 Å². The molecule has 0 fully saturated rings. The van der Waals surface area contributed by atoms with Crippen LogP contribution < -0.4 is 25.3 Å². The van der Waals surface area contributed by atoms with Crippen molar-refractivity contribution in [3.05, 3.63) is 53.1 Å². The number of nitrogens with one attached hydrogen (secondary N) is 1. The molecule has 9 nitrogen and oxygen atoms in total. The van der Waals surface area contributed by atoms with Crippen molar-refractivity contribution in [2.24, 2.45) is 0 Å². The Bertz CT molecular complexity index is 1390. The van der Waals surface area contributed by atoms with Crippen LogP contribution in [0.3, 0.4) is 0 Å². The van der Waals surface area contributed by atoms with E-state index in [1.165, 1.54) is 21.3 Å². The highest BCUT2D eigenvalue weighted by Crippen LogP contribution is 2.44. The topological polar surface area (TPSA) is 143 Å². The number of anilines is 2. The maximum absolute atomic E-state index is 13.1. The van der Waals surface area contributed by atoms with Gasteiger partial charge in [-0.3, -0.25) is 4.79 Å². The Hall–Kier alpha value is -4.41. The number of nitrogens with two attached hydrogens (primary N) is 1. The highest BCUT2D eigenvalue weighted by atomic mass is 32.2. The number of aryl methyl sites for hydroxylation is 1. The number of aromatic nitrogens is 1. The molecular formula is C27H27N5O4S. The number of amides is 1. The van der Waals surface area contributed by atoms with Crippen molar-refractivity contribution in [1.29, 1.82) is 10.5 Å². The first kappa shape index (κ1) is 27.2. The second-order valence-corrected chi connectivity index (χ2v) is 9.13. The first-order chi connectivity index (χ1) is 17.8. The van der Waals surface area contributed by atoms with Gasteiger partial charge in [0.1, 0.15) is 28.5 Å². The number of benzene rings is 2. The lowest BCUT2D eigenvalue weighted by Crippen LogP contribution is -2.25. The van der Waals surface area contributed by atoms with Gasteiger partial charge in [-0.1, -0.05) is 30.8 Å². The SMILES string of the molecule is CCC(Sc1nc(N)c(C#N)c(-c2cc(OC)c(OC)c(OC)c2)c1C#N)C(=O)Nc1cccc(C)c1. The number of hydrogen-bond acceptors (Lipinski definition) is 9. The van der Waals surface area contributed by atoms with Crippen LogP contribution in [-0.4, -0.2) is 37.5 Å². The molecule has 0 bridgehead atoms. The van der Waals surface area contributed by atoms with Crippen LogP contribution in [0.15, 0.2) is 41.4 Å². The van der Waals surface area contributed by atoms with E-state index in [0.717, 1.165) is 17.3 Å². The van der Waals surface area contributed by atoms with Gasteiger partial charge >= 0.3 is 0 Å². The van der Waals surface area contributed by atoms with Crippen molar-refractivity contribution < 1.29 is 19.0 Å². The Balaban J connectivity index is 2.13. The summed E-state index contributed by atoms with van der Waals surface area (Å²) in [7, 11) is 4.42. The van der Waals surface area contributed by atoms with E-state index in [0.29, 0.717) is 34.9 Å². The Labute approximate surface area is 220 Å². The van der Waals surface area contributed by atoms with Gasteiger partial charge < -0.3 is 25.3 Å². The first-order valence-electron chi connectivity index (χ1n) is 11.3. The molecule has 0 radical (unpaired) electrons. The van der Waals surface area contributed by atoms with Crippen LogP contribution in [0.2, 0.25) is 0 Å². The molecule has 0 spiro atoms. The highest BCUT2D eigenvalue weighted by molar-refractivity contribution is 8.00. The summed E-state index contributed by atoms with van der Waals surface area (Å²) in [6.07, 6.45) is 0.467. The largest absolute Gasteiger partial charge is 0.493 e. The number of carbonyl (C=O) groups is 1.